The van der Waals surface area contributed by atoms with Crippen LogP contribution in [0.25, 0.3) is 21.9 Å². The van der Waals surface area contributed by atoms with Crippen LogP contribution in [0.1, 0.15) is 50.3 Å². The molecular formula is C24H27NO6. The number of fused-ring (bicyclic) bond motifs is 2. The van der Waals surface area contributed by atoms with Crippen LogP contribution in [0.5, 0.6) is 0 Å². The minimum absolute atomic E-state index is 0.105. The van der Waals surface area contributed by atoms with Crippen LogP contribution < -0.4 is 5.63 Å². The molecule has 3 aromatic rings. The lowest BCUT2D eigenvalue weighted by molar-refractivity contribution is -0.145. The Balaban J connectivity index is 1.72. The lowest BCUT2D eigenvalue weighted by Crippen LogP contribution is -2.43. The summed E-state index contributed by atoms with van der Waals surface area (Å²) >= 11 is 0. The number of hydrogen-bond donors (Lipinski definition) is 1. The Morgan fingerprint density at radius 1 is 1.19 bits per heavy atom. The van der Waals surface area contributed by atoms with Crippen molar-refractivity contribution in [3.05, 3.63) is 45.5 Å². The Morgan fingerprint density at radius 2 is 1.94 bits per heavy atom. The van der Waals surface area contributed by atoms with Gasteiger partial charge in [0.25, 0.3) is 0 Å². The number of carbonyl (C=O) groups is 2. The summed E-state index contributed by atoms with van der Waals surface area (Å²) in [6.45, 7) is 8.81. The highest BCUT2D eigenvalue weighted by Crippen LogP contribution is 2.35. The first-order chi connectivity index (χ1) is 14.6. The van der Waals surface area contributed by atoms with Gasteiger partial charge in [0.15, 0.2) is 0 Å². The standard InChI is InChI=1S/C24H27NO6/c1-13-15-8-17-18(24(2,3)4)12-30-19(17)10-20(15)31-23(29)16(13)9-21(26)25-7-5-6-14(11-25)22(27)28/h8,10,12,14H,5-7,9,11H2,1-4H3,(H,27,28). The number of likely N-dealkylation sites (tertiary alicyclic amines) is 1. The topological polar surface area (TPSA) is 101 Å². The van der Waals surface area contributed by atoms with Crippen LogP contribution in [0.15, 0.2) is 32.0 Å². The molecule has 3 heterocycles. The highest BCUT2D eigenvalue weighted by Gasteiger charge is 2.29. The predicted octanol–water partition coefficient (Wildman–Crippen LogP) is 4.01. The maximum absolute atomic E-state index is 12.9. The first-order valence-corrected chi connectivity index (χ1v) is 10.5. The van der Waals surface area contributed by atoms with Gasteiger partial charge in [0.2, 0.25) is 5.91 Å². The number of aliphatic carboxylic acids is 1. The second-order valence-electron chi connectivity index (χ2n) is 9.43. The normalized spacial score (nSPS) is 17.4. The monoisotopic (exact) mass is 425 g/mol. The molecule has 0 aliphatic carbocycles. The quantitative estimate of drug-likeness (QED) is 0.636. The molecule has 1 aliphatic heterocycles. The average molecular weight is 425 g/mol. The molecule has 1 atom stereocenters. The van der Waals surface area contributed by atoms with Crippen LogP contribution in [0.3, 0.4) is 0 Å². The second kappa shape index (κ2) is 7.55. The number of rotatable bonds is 3. The summed E-state index contributed by atoms with van der Waals surface area (Å²) in [6, 6.07) is 3.68. The van der Waals surface area contributed by atoms with Crippen molar-refractivity contribution in [2.24, 2.45) is 5.92 Å². The molecule has 1 unspecified atom stereocenters. The maximum Gasteiger partial charge on any atom is 0.340 e. The number of carbonyl (C=O) groups excluding carboxylic acids is 1. The van der Waals surface area contributed by atoms with Crippen molar-refractivity contribution in [3.8, 4) is 0 Å². The number of amides is 1. The van der Waals surface area contributed by atoms with Gasteiger partial charge in [0.05, 0.1) is 24.2 Å². The van der Waals surface area contributed by atoms with Crippen LogP contribution in [0, 0.1) is 12.8 Å². The molecule has 164 valence electrons. The molecule has 0 bridgehead atoms. The van der Waals surface area contributed by atoms with E-state index in [-0.39, 0.29) is 24.3 Å². The fourth-order valence-corrected chi connectivity index (χ4v) is 4.36. The number of furan rings is 1. The van der Waals surface area contributed by atoms with Crippen molar-refractivity contribution >= 4 is 33.8 Å². The second-order valence-corrected chi connectivity index (χ2v) is 9.43. The van der Waals surface area contributed by atoms with E-state index in [4.69, 9.17) is 8.83 Å². The summed E-state index contributed by atoms with van der Waals surface area (Å²) in [5, 5.41) is 11.0. The van der Waals surface area contributed by atoms with Gasteiger partial charge in [-0.1, -0.05) is 20.8 Å². The molecule has 1 fully saturated rings. The Labute approximate surface area is 179 Å². The van der Waals surface area contributed by atoms with Crippen LogP contribution in [0.2, 0.25) is 0 Å². The maximum atomic E-state index is 12.9. The van der Waals surface area contributed by atoms with E-state index in [9.17, 15) is 19.5 Å². The smallest absolute Gasteiger partial charge is 0.340 e. The van der Waals surface area contributed by atoms with E-state index >= 15 is 0 Å². The van der Waals surface area contributed by atoms with Gasteiger partial charge in [0, 0.05) is 35.5 Å². The molecule has 1 N–H and O–H groups in total. The van der Waals surface area contributed by atoms with E-state index in [2.05, 4.69) is 20.8 Å². The van der Waals surface area contributed by atoms with Crippen LogP contribution in [0.4, 0.5) is 0 Å². The Kier molecular flexibility index (Phi) is 5.15. The zero-order chi connectivity index (χ0) is 22.5. The molecule has 1 aliphatic rings. The van der Waals surface area contributed by atoms with Crippen molar-refractivity contribution < 1.29 is 23.5 Å². The number of carboxylic acids is 1. The van der Waals surface area contributed by atoms with Crippen LogP contribution in [-0.4, -0.2) is 35.0 Å². The van der Waals surface area contributed by atoms with E-state index in [1.54, 1.807) is 17.2 Å². The molecule has 7 nitrogen and oxygen atoms in total. The van der Waals surface area contributed by atoms with E-state index in [0.717, 1.165) is 16.3 Å². The van der Waals surface area contributed by atoms with Crippen molar-refractivity contribution in [2.75, 3.05) is 13.1 Å². The van der Waals surface area contributed by atoms with Crippen LogP contribution >= 0.6 is 0 Å². The number of carboxylic acid groups (broad SMARTS) is 1. The number of aryl methyl sites for hydroxylation is 1. The highest BCUT2D eigenvalue weighted by atomic mass is 16.4. The van der Waals surface area contributed by atoms with Gasteiger partial charge >= 0.3 is 11.6 Å². The molecule has 31 heavy (non-hydrogen) atoms. The number of benzene rings is 1. The molecule has 2 aromatic heterocycles. The molecule has 4 rings (SSSR count). The lowest BCUT2D eigenvalue weighted by Gasteiger charge is -2.30. The van der Waals surface area contributed by atoms with Gasteiger partial charge < -0.3 is 18.8 Å². The predicted molar refractivity (Wildman–Crippen MR) is 116 cm³/mol. The highest BCUT2D eigenvalue weighted by molar-refractivity contribution is 5.97. The summed E-state index contributed by atoms with van der Waals surface area (Å²) in [5.74, 6) is -1.70. The summed E-state index contributed by atoms with van der Waals surface area (Å²) < 4.78 is 11.2. The summed E-state index contributed by atoms with van der Waals surface area (Å²) in [4.78, 5) is 38.4. The fraction of sp³-hybridized carbons (Fsp3) is 0.458. The molecule has 1 amide bonds. The summed E-state index contributed by atoms with van der Waals surface area (Å²) in [6.07, 6.45) is 2.83. The van der Waals surface area contributed by atoms with Gasteiger partial charge in [-0.2, -0.15) is 0 Å². The van der Waals surface area contributed by atoms with E-state index in [0.29, 0.717) is 41.7 Å². The molecule has 0 spiro atoms. The molecule has 1 aromatic carbocycles. The number of piperidine rings is 1. The Hall–Kier alpha value is -3.09. The van der Waals surface area contributed by atoms with Crippen molar-refractivity contribution in [3.63, 3.8) is 0 Å². The summed E-state index contributed by atoms with van der Waals surface area (Å²) in [5.41, 5.74) is 2.48. The van der Waals surface area contributed by atoms with Gasteiger partial charge in [0.1, 0.15) is 11.2 Å². The molecule has 7 heteroatoms. The Morgan fingerprint density at radius 3 is 2.61 bits per heavy atom. The molecule has 1 saturated heterocycles. The molecule has 0 radical (unpaired) electrons. The number of hydrogen-bond acceptors (Lipinski definition) is 5. The zero-order valence-corrected chi connectivity index (χ0v) is 18.3. The van der Waals surface area contributed by atoms with Crippen LogP contribution in [-0.2, 0) is 21.4 Å². The number of nitrogens with zero attached hydrogens (tertiary/aromatic N) is 1. The lowest BCUT2D eigenvalue weighted by atomic mass is 9.86. The third-order valence-corrected chi connectivity index (χ3v) is 6.24. The van der Waals surface area contributed by atoms with E-state index in [1.165, 1.54) is 0 Å². The van der Waals surface area contributed by atoms with Gasteiger partial charge in [-0.15, -0.1) is 0 Å². The minimum Gasteiger partial charge on any atom is -0.481 e. The SMILES string of the molecule is Cc1c(CC(=O)N2CCCC(C(=O)O)C2)c(=O)oc2cc3occ(C(C)(C)C)c3cc12. The summed E-state index contributed by atoms with van der Waals surface area (Å²) in [7, 11) is 0. The van der Waals surface area contributed by atoms with Gasteiger partial charge in [-0.25, -0.2) is 4.79 Å². The van der Waals surface area contributed by atoms with Gasteiger partial charge in [-0.05, 0) is 36.8 Å². The van der Waals surface area contributed by atoms with Crippen molar-refractivity contribution in [1.82, 2.24) is 4.90 Å². The van der Waals surface area contributed by atoms with E-state index in [1.807, 2.05) is 13.0 Å². The largest absolute Gasteiger partial charge is 0.481 e. The Bertz CT molecular complexity index is 1240. The first kappa shape index (κ1) is 21.2. The van der Waals surface area contributed by atoms with Crippen molar-refractivity contribution in [2.45, 2.75) is 52.4 Å². The first-order valence-electron chi connectivity index (χ1n) is 10.5. The third-order valence-electron chi connectivity index (χ3n) is 6.24. The minimum atomic E-state index is -0.891. The van der Waals surface area contributed by atoms with E-state index < -0.39 is 17.5 Å². The fourth-order valence-electron chi connectivity index (χ4n) is 4.36. The average Bonchev–Trinajstić information content (AvgIpc) is 3.13. The van der Waals surface area contributed by atoms with Gasteiger partial charge in [-0.3, -0.25) is 9.59 Å². The zero-order valence-electron chi connectivity index (χ0n) is 18.3. The molecule has 0 saturated carbocycles. The molecular weight excluding hydrogens is 398 g/mol. The third kappa shape index (κ3) is 3.84. The van der Waals surface area contributed by atoms with Crippen molar-refractivity contribution in [1.29, 1.82) is 0 Å².